The molecule has 0 aliphatic carbocycles. The van der Waals surface area contributed by atoms with Crippen molar-refractivity contribution in [2.45, 2.75) is 19.4 Å². The van der Waals surface area contributed by atoms with Gasteiger partial charge in [-0.15, -0.1) is 0 Å². The second-order valence-electron chi connectivity index (χ2n) is 5.25. The highest BCUT2D eigenvalue weighted by Crippen LogP contribution is 2.19. The molecule has 2 rings (SSSR count). The number of nitrogens with two attached hydrogens (primary N) is 1. The van der Waals surface area contributed by atoms with Crippen molar-refractivity contribution in [2.24, 2.45) is 11.7 Å². The van der Waals surface area contributed by atoms with E-state index in [0.29, 0.717) is 11.5 Å². The van der Waals surface area contributed by atoms with Crippen LogP contribution in [0.1, 0.15) is 24.0 Å². The summed E-state index contributed by atoms with van der Waals surface area (Å²) in [6.07, 6.45) is 2.19. The van der Waals surface area contributed by atoms with Gasteiger partial charge in [-0.2, -0.15) is 0 Å². The minimum Gasteiger partial charge on any atom is -0.396 e. The summed E-state index contributed by atoms with van der Waals surface area (Å²) in [4.78, 5) is 2.30. The van der Waals surface area contributed by atoms with Crippen LogP contribution < -0.4 is 5.73 Å². The van der Waals surface area contributed by atoms with Gasteiger partial charge < -0.3 is 10.8 Å². The molecule has 1 aliphatic heterocycles. The molecule has 1 atom stereocenters. The Morgan fingerprint density at radius 2 is 2.30 bits per heavy atom. The van der Waals surface area contributed by atoms with Crippen LogP contribution in [0.25, 0.3) is 0 Å². The summed E-state index contributed by atoms with van der Waals surface area (Å²) in [5.74, 6) is 5.50. The highest BCUT2D eigenvalue weighted by molar-refractivity contribution is 5.38. The second-order valence-corrected chi connectivity index (χ2v) is 5.25. The van der Waals surface area contributed by atoms with E-state index >= 15 is 0 Å². The molecule has 0 bridgehead atoms. The van der Waals surface area contributed by atoms with Crippen molar-refractivity contribution in [2.75, 3.05) is 26.2 Å². The standard InChI is InChI=1S/C16H21FN2O/c17-16-6-5-13(9-15(16)4-1-7-18)10-19-8-2-3-14(11-19)12-20/h5-6,9,14,20H,2-3,7-8,10-12,18H2. The first-order valence-electron chi connectivity index (χ1n) is 7.03. The first-order chi connectivity index (χ1) is 9.72. The zero-order valence-corrected chi connectivity index (χ0v) is 11.6. The van der Waals surface area contributed by atoms with E-state index in [4.69, 9.17) is 5.73 Å². The molecule has 1 aromatic carbocycles. The summed E-state index contributed by atoms with van der Waals surface area (Å²) < 4.78 is 13.6. The van der Waals surface area contributed by atoms with Gasteiger partial charge in [0.1, 0.15) is 5.82 Å². The van der Waals surface area contributed by atoms with Gasteiger partial charge in [0, 0.05) is 19.7 Å². The van der Waals surface area contributed by atoms with Gasteiger partial charge in [0.05, 0.1) is 12.1 Å². The molecule has 3 nitrogen and oxygen atoms in total. The number of aliphatic hydroxyl groups is 1. The predicted molar refractivity (Wildman–Crippen MR) is 77.4 cm³/mol. The third kappa shape index (κ3) is 4.04. The fourth-order valence-electron chi connectivity index (χ4n) is 2.61. The average Bonchev–Trinajstić information content (AvgIpc) is 2.48. The van der Waals surface area contributed by atoms with Crippen LogP contribution in [0.3, 0.4) is 0 Å². The van der Waals surface area contributed by atoms with Crippen molar-refractivity contribution < 1.29 is 9.50 Å². The van der Waals surface area contributed by atoms with E-state index in [1.807, 2.05) is 0 Å². The lowest BCUT2D eigenvalue weighted by atomic mass is 9.98. The number of hydrogen-bond acceptors (Lipinski definition) is 3. The average molecular weight is 276 g/mol. The van der Waals surface area contributed by atoms with Crippen molar-refractivity contribution in [1.29, 1.82) is 0 Å². The molecule has 0 saturated carbocycles. The number of halogens is 1. The number of likely N-dealkylation sites (tertiary alicyclic amines) is 1. The third-order valence-corrected chi connectivity index (χ3v) is 3.62. The first-order valence-corrected chi connectivity index (χ1v) is 7.03. The maximum Gasteiger partial charge on any atom is 0.138 e. The molecule has 1 aliphatic rings. The molecular formula is C16H21FN2O. The monoisotopic (exact) mass is 276 g/mol. The lowest BCUT2D eigenvalue weighted by Gasteiger charge is -2.31. The summed E-state index contributed by atoms with van der Waals surface area (Å²) in [6.45, 7) is 3.17. The van der Waals surface area contributed by atoms with Crippen LogP contribution >= 0.6 is 0 Å². The van der Waals surface area contributed by atoms with E-state index in [1.165, 1.54) is 6.07 Å². The van der Waals surface area contributed by atoms with E-state index in [0.717, 1.165) is 38.0 Å². The molecule has 0 radical (unpaired) electrons. The number of rotatable bonds is 3. The molecule has 0 spiro atoms. The smallest absolute Gasteiger partial charge is 0.138 e. The molecule has 0 amide bonds. The van der Waals surface area contributed by atoms with E-state index < -0.39 is 0 Å². The highest BCUT2D eigenvalue weighted by Gasteiger charge is 2.19. The van der Waals surface area contributed by atoms with Crippen LogP contribution in [0.15, 0.2) is 18.2 Å². The Labute approximate surface area is 119 Å². The normalized spacial score (nSPS) is 19.4. The first kappa shape index (κ1) is 15.0. The van der Waals surface area contributed by atoms with Gasteiger partial charge in [-0.1, -0.05) is 17.9 Å². The van der Waals surface area contributed by atoms with E-state index in [2.05, 4.69) is 16.7 Å². The fraction of sp³-hybridized carbons (Fsp3) is 0.500. The Balaban J connectivity index is 2.05. The number of hydrogen-bond donors (Lipinski definition) is 2. The summed E-state index contributed by atoms with van der Waals surface area (Å²) in [5.41, 5.74) is 6.77. The van der Waals surface area contributed by atoms with Gasteiger partial charge in [-0.25, -0.2) is 4.39 Å². The lowest BCUT2D eigenvalue weighted by Crippen LogP contribution is -2.36. The quantitative estimate of drug-likeness (QED) is 0.819. The van der Waals surface area contributed by atoms with Crippen molar-refractivity contribution in [3.8, 4) is 11.8 Å². The molecule has 20 heavy (non-hydrogen) atoms. The molecule has 1 aromatic rings. The molecule has 3 N–H and O–H groups in total. The third-order valence-electron chi connectivity index (χ3n) is 3.62. The van der Waals surface area contributed by atoms with E-state index in [-0.39, 0.29) is 19.0 Å². The number of piperidine rings is 1. The van der Waals surface area contributed by atoms with Crippen molar-refractivity contribution >= 4 is 0 Å². The van der Waals surface area contributed by atoms with Crippen LogP contribution in [0.4, 0.5) is 4.39 Å². The Kier molecular flexibility index (Phi) is 5.54. The van der Waals surface area contributed by atoms with Crippen LogP contribution in [-0.2, 0) is 6.54 Å². The Morgan fingerprint density at radius 1 is 1.45 bits per heavy atom. The largest absolute Gasteiger partial charge is 0.396 e. The molecule has 1 heterocycles. The van der Waals surface area contributed by atoms with E-state index in [9.17, 15) is 9.50 Å². The number of aliphatic hydroxyl groups excluding tert-OH is 1. The Bertz CT molecular complexity index is 507. The van der Waals surface area contributed by atoms with E-state index in [1.54, 1.807) is 12.1 Å². The highest BCUT2D eigenvalue weighted by atomic mass is 19.1. The zero-order valence-electron chi connectivity index (χ0n) is 11.6. The topological polar surface area (TPSA) is 49.5 Å². The SMILES string of the molecule is NCC#Cc1cc(CN2CCCC(CO)C2)ccc1F. The molecule has 1 unspecified atom stereocenters. The molecule has 1 fully saturated rings. The van der Waals surface area contributed by atoms with Gasteiger partial charge in [0.15, 0.2) is 0 Å². The summed E-state index contributed by atoms with van der Waals surface area (Å²) in [5, 5.41) is 9.25. The van der Waals surface area contributed by atoms with Crippen molar-refractivity contribution in [3.63, 3.8) is 0 Å². The fourth-order valence-corrected chi connectivity index (χ4v) is 2.61. The minimum absolute atomic E-state index is 0.230. The summed E-state index contributed by atoms with van der Waals surface area (Å²) in [6, 6.07) is 5.05. The summed E-state index contributed by atoms with van der Waals surface area (Å²) >= 11 is 0. The van der Waals surface area contributed by atoms with Crippen LogP contribution in [0.5, 0.6) is 0 Å². The molecular weight excluding hydrogens is 255 g/mol. The number of nitrogens with zero attached hydrogens (tertiary/aromatic N) is 1. The van der Waals surface area contributed by atoms with Gasteiger partial charge in [-0.3, -0.25) is 4.90 Å². The second kappa shape index (κ2) is 7.39. The minimum atomic E-state index is -0.304. The zero-order chi connectivity index (χ0) is 14.4. The molecule has 108 valence electrons. The predicted octanol–water partition coefficient (Wildman–Crippen LogP) is 1.34. The Hall–Kier alpha value is -1.41. The van der Waals surface area contributed by atoms with Gasteiger partial charge in [0.25, 0.3) is 0 Å². The molecule has 0 aromatic heterocycles. The van der Waals surface area contributed by atoms with Crippen LogP contribution in [0.2, 0.25) is 0 Å². The van der Waals surface area contributed by atoms with Crippen LogP contribution in [-0.4, -0.2) is 36.2 Å². The van der Waals surface area contributed by atoms with Gasteiger partial charge >= 0.3 is 0 Å². The number of benzene rings is 1. The van der Waals surface area contributed by atoms with Gasteiger partial charge in [0.2, 0.25) is 0 Å². The lowest BCUT2D eigenvalue weighted by molar-refractivity contribution is 0.116. The Morgan fingerprint density at radius 3 is 3.05 bits per heavy atom. The molecule has 4 heteroatoms. The van der Waals surface area contributed by atoms with Crippen molar-refractivity contribution in [3.05, 3.63) is 35.1 Å². The molecule has 1 saturated heterocycles. The maximum atomic E-state index is 13.6. The van der Waals surface area contributed by atoms with Gasteiger partial charge in [-0.05, 0) is 43.0 Å². The summed E-state index contributed by atoms with van der Waals surface area (Å²) in [7, 11) is 0. The van der Waals surface area contributed by atoms with Crippen molar-refractivity contribution in [1.82, 2.24) is 4.90 Å². The maximum absolute atomic E-state index is 13.6. The van der Waals surface area contributed by atoms with Crippen LogP contribution in [0, 0.1) is 23.6 Å².